The van der Waals surface area contributed by atoms with Gasteiger partial charge in [-0.15, -0.1) is 0 Å². The van der Waals surface area contributed by atoms with Gasteiger partial charge in [0.25, 0.3) is 0 Å². The molecule has 3 nitrogen and oxygen atoms in total. The van der Waals surface area contributed by atoms with Crippen molar-refractivity contribution in [2.75, 3.05) is 0 Å². The zero-order valence-electron chi connectivity index (χ0n) is 12.1. The third-order valence-corrected chi connectivity index (χ3v) is 2.80. The standard InChI is InChI=1S/C14H27N3/c1-11(2)7-12(3)15-8-13-9-16-17(10-13)14(4,5)6/h9-12,15H,7-8H2,1-6H3. The normalized spacial score (nSPS) is 14.3. The molecule has 17 heavy (non-hydrogen) atoms. The van der Waals surface area contributed by atoms with Gasteiger partial charge >= 0.3 is 0 Å². The number of nitrogens with one attached hydrogen (secondary N) is 1. The fourth-order valence-corrected chi connectivity index (χ4v) is 1.90. The first-order chi connectivity index (χ1) is 7.79. The van der Waals surface area contributed by atoms with Crippen LogP contribution in [-0.4, -0.2) is 15.8 Å². The summed E-state index contributed by atoms with van der Waals surface area (Å²) in [7, 11) is 0. The molecule has 1 N–H and O–H groups in total. The van der Waals surface area contributed by atoms with Gasteiger partial charge in [-0.25, -0.2) is 0 Å². The van der Waals surface area contributed by atoms with Crippen molar-refractivity contribution in [1.29, 1.82) is 0 Å². The number of rotatable bonds is 5. The van der Waals surface area contributed by atoms with Crippen LogP contribution in [0, 0.1) is 5.92 Å². The maximum Gasteiger partial charge on any atom is 0.0543 e. The molecule has 0 aliphatic rings. The van der Waals surface area contributed by atoms with Crippen molar-refractivity contribution in [3.05, 3.63) is 18.0 Å². The predicted molar refractivity (Wildman–Crippen MR) is 73.0 cm³/mol. The van der Waals surface area contributed by atoms with Gasteiger partial charge in [0.2, 0.25) is 0 Å². The molecule has 98 valence electrons. The fraction of sp³-hybridized carbons (Fsp3) is 0.786. The summed E-state index contributed by atoms with van der Waals surface area (Å²) >= 11 is 0. The Labute approximate surface area is 106 Å². The van der Waals surface area contributed by atoms with Crippen LogP contribution in [0.1, 0.15) is 53.5 Å². The average Bonchev–Trinajstić information content (AvgIpc) is 2.61. The van der Waals surface area contributed by atoms with E-state index in [1.165, 1.54) is 12.0 Å². The number of hydrogen-bond donors (Lipinski definition) is 1. The predicted octanol–water partition coefficient (Wildman–Crippen LogP) is 3.16. The van der Waals surface area contributed by atoms with E-state index in [0.717, 1.165) is 12.5 Å². The molecule has 0 saturated carbocycles. The number of nitrogens with zero attached hydrogens (tertiary/aromatic N) is 2. The largest absolute Gasteiger partial charge is 0.310 e. The van der Waals surface area contributed by atoms with Gasteiger partial charge in [-0.2, -0.15) is 5.10 Å². The van der Waals surface area contributed by atoms with Gasteiger partial charge in [-0.3, -0.25) is 4.68 Å². The second-order valence-electron chi connectivity index (χ2n) is 6.38. The molecule has 0 amide bonds. The molecule has 1 unspecified atom stereocenters. The molecule has 0 bridgehead atoms. The average molecular weight is 237 g/mol. The zero-order chi connectivity index (χ0) is 13.1. The summed E-state index contributed by atoms with van der Waals surface area (Å²) in [6.45, 7) is 14.2. The highest BCUT2D eigenvalue weighted by molar-refractivity contribution is 5.05. The Morgan fingerprint density at radius 2 is 1.94 bits per heavy atom. The van der Waals surface area contributed by atoms with Crippen LogP contribution in [0.15, 0.2) is 12.4 Å². The minimum atomic E-state index is 0.0712. The molecule has 1 rings (SSSR count). The lowest BCUT2D eigenvalue weighted by molar-refractivity contribution is 0.355. The maximum atomic E-state index is 4.40. The van der Waals surface area contributed by atoms with Crippen LogP contribution < -0.4 is 5.32 Å². The lowest BCUT2D eigenvalue weighted by atomic mass is 10.1. The van der Waals surface area contributed by atoms with Crippen LogP contribution in [0.4, 0.5) is 0 Å². The molecule has 1 aromatic rings. The molecular weight excluding hydrogens is 210 g/mol. The van der Waals surface area contributed by atoms with Crippen LogP contribution >= 0.6 is 0 Å². The molecule has 3 heteroatoms. The minimum absolute atomic E-state index is 0.0712. The van der Waals surface area contributed by atoms with Crippen LogP contribution in [0.3, 0.4) is 0 Å². The van der Waals surface area contributed by atoms with Crippen molar-refractivity contribution < 1.29 is 0 Å². The van der Waals surface area contributed by atoms with Gasteiger partial charge in [-0.05, 0) is 40.0 Å². The molecule has 0 aromatic carbocycles. The van der Waals surface area contributed by atoms with Gasteiger partial charge in [0.15, 0.2) is 0 Å². The van der Waals surface area contributed by atoms with Crippen molar-refractivity contribution in [2.45, 2.75) is 66.1 Å². The summed E-state index contributed by atoms with van der Waals surface area (Å²) in [4.78, 5) is 0. The molecule has 1 atom stereocenters. The van der Waals surface area contributed by atoms with E-state index in [1.807, 2.05) is 10.9 Å². The van der Waals surface area contributed by atoms with E-state index in [2.05, 4.69) is 58.2 Å². The van der Waals surface area contributed by atoms with E-state index in [1.54, 1.807) is 0 Å². The third kappa shape index (κ3) is 4.90. The molecule has 0 aliphatic carbocycles. The molecule has 0 fully saturated rings. The van der Waals surface area contributed by atoms with Gasteiger partial charge in [0.1, 0.15) is 0 Å². The topological polar surface area (TPSA) is 29.9 Å². The molecule has 1 heterocycles. The first-order valence-electron chi connectivity index (χ1n) is 6.56. The summed E-state index contributed by atoms with van der Waals surface area (Å²) in [6.07, 6.45) is 5.31. The Balaban J connectivity index is 2.45. The highest BCUT2D eigenvalue weighted by Crippen LogP contribution is 2.13. The first-order valence-corrected chi connectivity index (χ1v) is 6.56. The van der Waals surface area contributed by atoms with Crippen LogP contribution in [0.25, 0.3) is 0 Å². The SMILES string of the molecule is CC(C)CC(C)NCc1cnn(C(C)(C)C)c1. The molecule has 0 aliphatic heterocycles. The fourth-order valence-electron chi connectivity index (χ4n) is 1.90. The summed E-state index contributed by atoms with van der Waals surface area (Å²) in [5.74, 6) is 0.745. The van der Waals surface area contributed by atoms with E-state index in [-0.39, 0.29) is 5.54 Å². The van der Waals surface area contributed by atoms with Crippen LogP contribution in [-0.2, 0) is 12.1 Å². The van der Waals surface area contributed by atoms with Gasteiger partial charge < -0.3 is 5.32 Å². The molecule has 1 aromatic heterocycles. The van der Waals surface area contributed by atoms with Gasteiger partial charge in [-0.1, -0.05) is 13.8 Å². The Morgan fingerprint density at radius 3 is 2.41 bits per heavy atom. The lowest BCUT2D eigenvalue weighted by Gasteiger charge is -2.19. The van der Waals surface area contributed by atoms with E-state index < -0.39 is 0 Å². The van der Waals surface area contributed by atoms with Crippen molar-refractivity contribution >= 4 is 0 Å². The van der Waals surface area contributed by atoms with Crippen molar-refractivity contribution in [3.8, 4) is 0 Å². The third-order valence-electron chi connectivity index (χ3n) is 2.80. The smallest absolute Gasteiger partial charge is 0.0543 e. The second-order valence-corrected chi connectivity index (χ2v) is 6.38. The monoisotopic (exact) mass is 237 g/mol. The Kier molecular flexibility index (Phi) is 4.75. The van der Waals surface area contributed by atoms with Crippen LogP contribution in [0.2, 0.25) is 0 Å². The van der Waals surface area contributed by atoms with E-state index in [4.69, 9.17) is 0 Å². The first kappa shape index (κ1) is 14.2. The Hall–Kier alpha value is -0.830. The van der Waals surface area contributed by atoms with Crippen molar-refractivity contribution in [1.82, 2.24) is 15.1 Å². The molecule has 0 saturated heterocycles. The lowest BCUT2D eigenvalue weighted by Crippen LogP contribution is -2.26. The highest BCUT2D eigenvalue weighted by atomic mass is 15.3. The zero-order valence-corrected chi connectivity index (χ0v) is 12.1. The van der Waals surface area contributed by atoms with Crippen molar-refractivity contribution in [2.24, 2.45) is 5.92 Å². The van der Waals surface area contributed by atoms with E-state index in [9.17, 15) is 0 Å². The minimum Gasteiger partial charge on any atom is -0.310 e. The number of hydrogen-bond acceptors (Lipinski definition) is 2. The summed E-state index contributed by atoms with van der Waals surface area (Å²) in [5.41, 5.74) is 1.33. The van der Waals surface area contributed by atoms with Gasteiger partial charge in [0, 0.05) is 24.3 Å². The molecule has 0 spiro atoms. The van der Waals surface area contributed by atoms with Gasteiger partial charge in [0.05, 0.1) is 11.7 Å². The Morgan fingerprint density at radius 1 is 1.29 bits per heavy atom. The summed E-state index contributed by atoms with van der Waals surface area (Å²) in [5, 5.41) is 7.94. The summed E-state index contributed by atoms with van der Waals surface area (Å²) < 4.78 is 2.02. The van der Waals surface area contributed by atoms with Crippen molar-refractivity contribution in [3.63, 3.8) is 0 Å². The molecular formula is C14H27N3. The summed E-state index contributed by atoms with van der Waals surface area (Å²) in [6, 6.07) is 0.563. The molecule has 0 radical (unpaired) electrons. The Bertz CT molecular complexity index is 333. The highest BCUT2D eigenvalue weighted by Gasteiger charge is 2.14. The van der Waals surface area contributed by atoms with E-state index >= 15 is 0 Å². The van der Waals surface area contributed by atoms with E-state index in [0.29, 0.717) is 6.04 Å². The maximum absolute atomic E-state index is 4.40. The number of aromatic nitrogens is 2. The quantitative estimate of drug-likeness (QED) is 0.852. The second kappa shape index (κ2) is 5.67. The van der Waals surface area contributed by atoms with Crippen LogP contribution in [0.5, 0.6) is 0 Å².